The van der Waals surface area contributed by atoms with Crippen LogP contribution >= 0.6 is 7.26 Å². The molecule has 0 aromatic heterocycles. The normalized spacial score (nSPS) is 16.5. The van der Waals surface area contributed by atoms with Gasteiger partial charge in [0, 0.05) is 33.4 Å². The van der Waals surface area contributed by atoms with Gasteiger partial charge in [0.2, 0.25) is 0 Å². The van der Waals surface area contributed by atoms with Crippen molar-refractivity contribution in [2.75, 3.05) is 0 Å². The summed E-state index contributed by atoms with van der Waals surface area (Å²) < 4.78 is 0. The van der Waals surface area contributed by atoms with Crippen molar-refractivity contribution < 1.29 is 0 Å². The maximum Gasteiger partial charge on any atom is 0.130 e. The molecule has 9 rings (SSSR count). The number of aryl methyl sites for hydroxylation is 4. The lowest BCUT2D eigenvalue weighted by atomic mass is 9.99. The highest BCUT2D eigenvalue weighted by Crippen LogP contribution is 2.83. The van der Waals surface area contributed by atoms with Gasteiger partial charge >= 0.3 is 0 Å². The molecule has 6 aromatic rings. The van der Waals surface area contributed by atoms with Crippen molar-refractivity contribution >= 4 is 17.9 Å². The fraction of sp³-hybridized carbons (Fsp3) is 0.143. The minimum absolute atomic E-state index is 0.261. The summed E-state index contributed by atoms with van der Waals surface area (Å²) in [5.41, 5.74) is 15.6. The number of benzene rings is 6. The molecule has 6 aromatic carbocycles. The maximum absolute atomic E-state index is 2.51. The van der Waals surface area contributed by atoms with Crippen LogP contribution in [0.1, 0.15) is 55.8 Å². The first-order chi connectivity index (χ1) is 21.4. The van der Waals surface area contributed by atoms with Crippen LogP contribution in [0.15, 0.2) is 146 Å². The predicted molar refractivity (Wildman–Crippen MR) is 182 cm³/mol. The highest BCUT2D eigenvalue weighted by molar-refractivity contribution is 7.91. The predicted octanol–water partition coefficient (Wildman–Crippen LogP) is 9.41. The molecule has 1 heteroatoms. The Labute approximate surface area is 255 Å². The lowest BCUT2D eigenvalue weighted by Crippen LogP contribution is -2.30. The summed E-state index contributed by atoms with van der Waals surface area (Å²) in [7, 11) is -2.26. The van der Waals surface area contributed by atoms with Crippen LogP contribution < -0.4 is 10.6 Å². The monoisotopic (exact) mass is 569 g/mol. The van der Waals surface area contributed by atoms with E-state index in [2.05, 4.69) is 146 Å². The zero-order chi connectivity index (χ0) is 28.4. The molecule has 0 amide bonds. The minimum Gasteiger partial charge on any atom is -0.0620 e. The summed E-state index contributed by atoms with van der Waals surface area (Å²) in [6.45, 7) is 0. The molecule has 43 heavy (non-hydrogen) atoms. The van der Waals surface area contributed by atoms with Crippen molar-refractivity contribution in [1.82, 2.24) is 0 Å². The zero-order valence-electron chi connectivity index (χ0n) is 24.3. The Hall–Kier alpha value is -4.25. The molecule has 0 bridgehead atoms. The van der Waals surface area contributed by atoms with Crippen LogP contribution in [-0.4, -0.2) is 0 Å². The van der Waals surface area contributed by atoms with Gasteiger partial charge in [-0.3, -0.25) is 0 Å². The summed E-state index contributed by atoms with van der Waals surface area (Å²) >= 11 is 0. The lowest BCUT2D eigenvalue weighted by Gasteiger charge is -2.40. The smallest absolute Gasteiger partial charge is 0.0620 e. The quantitative estimate of drug-likeness (QED) is 0.182. The average Bonchev–Trinajstić information content (AvgIpc) is 3.17. The number of hydrogen-bond donors (Lipinski definition) is 0. The summed E-state index contributed by atoms with van der Waals surface area (Å²) in [5, 5.41) is 3.15. The van der Waals surface area contributed by atoms with E-state index in [1.54, 1.807) is 10.6 Å². The molecule has 1 heterocycles. The van der Waals surface area contributed by atoms with E-state index in [1.807, 2.05) is 0 Å². The van der Waals surface area contributed by atoms with E-state index in [9.17, 15) is 0 Å². The Morgan fingerprint density at radius 1 is 0.326 bits per heavy atom. The molecule has 206 valence electrons. The molecule has 0 nitrogen and oxygen atoms in total. The Balaban J connectivity index is 1.52. The van der Waals surface area contributed by atoms with Crippen molar-refractivity contribution in [2.45, 2.75) is 37.0 Å². The molecule has 0 radical (unpaired) electrons. The van der Waals surface area contributed by atoms with Gasteiger partial charge in [0.05, 0.1) is 0 Å². The van der Waals surface area contributed by atoms with E-state index >= 15 is 0 Å². The first-order valence-electron chi connectivity index (χ1n) is 15.7. The molecule has 0 unspecified atom stereocenters. The van der Waals surface area contributed by atoms with E-state index in [0.717, 1.165) is 25.7 Å². The van der Waals surface area contributed by atoms with Crippen molar-refractivity contribution in [1.29, 1.82) is 0 Å². The van der Waals surface area contributed by atoms with E-state index in [1.165, 1.54) is 55.6 Å². The third-order valence-corrected chi connectivity index (χ3v) is 15.6. The highest BCUT2D eigenvalue weighted by Gasteiger charge is 2.64. The Kier molecular flexibility index (Phi) is 5.82. The van der Waals surface area contributed by atoms with E-state index < -0.39 is 7.26 Å². The fourth-order valence-corrected chi connectivity index (χ4v) is 15.0. The van der Waals surface area contributed by atoms with Gasteiger partial charge in [-0.25, -0.2) is 0 Å². The Morgan fingerprint density at radius 2 is 0.605 bits per heavy atom. The van der Waals surface area contributed by atoms with Crippen molar-refractivity contribution in [3.8, 4) is 11.1 Å². The van der Waals surface area contributed by atoms with Crippen LogP contribution in [0.5, 0.6) is 0 Å². The molecule has 0 saturated heterocycles. The zero-order valence-corrected chi connectivity index (χ0v) is 25.2. The Morgan fingerprint density at radius 3 is 0.953 bits per heavy atom. The average molecular weight is 570 g/mol. The molecule has 0 fully saturated rings. The van der Waals surface area contributed by atoms with Gasteiger partial charge in [-0.2, -0.15) is 0 Å². The summed E-state index contributed by atoms with van der Waals surface area (Å²) in [6.07, 6.45) is 4.35. The van der Waals surface area contributed by atoms with E-state index in [-0.39, 0.29) is 11.3 Å². The topological polar surface area (TPSA) is 0 Å². The fourth-order valence-electron chi connectivity index (χ4n) is 8.75. The van der Waals surface area contributed by atoms with Crippen molar-refractivity contribution in [3.05, 3.63) is 190 Å². The van der Waals surface area contributed by atoms with Gasteiger partial charge in [0.25, 0.3) is 0 Å². The molecular weight excluding hydrogens is 535 g/mol. The van der Waals surface area contributed by atoms with Gasteiger partial charge in [-0.1, -0.05) is 133 Å². The number of rotatable bonds is 2. The van der Waals surface area contributed by atoms with Crippen LogP contribution in [0.4, 0.5) is 0 Å². The van der Waals surface area contributed by atoms with Crippen molar-refractivity contribution in [2.24, 2.45) is 0 Å². The van der Waals surface area contributed by atoms with Gasteiger partial charge in [-0.05, 0) is 60.1 Å². The van der Waals surface area contributed by atoms with Crippen LogP contribution in [0.25, 0.3) is 11.1 Å². The second kappa shape index (κ2) is 9.90. The first kappa shape index (κ1) is 25.3. The van der Waals surface area contributed by atoms with Crippen LogP contribution in [-0.2, 0) is 25.7 Å². The molecule has 0 spiro atoms. The lowest BCUT2D eigenvalue weighted by molar-refractivity contribution is 0.965. The highest BCUT2D eigenvalue weighted by atomic mass is 31.2. The number of hydrogen-bond acceptors (Lipinski definition) is 0. The first-order valence-corrected chi connectivity index (χ1v) is 17.7. The second-order valence-electron chi connectivity index (χ2n) is 12.4. The second-order valence-corrected chi connectivity index (χ2v) is 16.0. The van der Waals surface area contributed by atoms with Crippen molar-refractivity contribution in [3.63, 3.8) is 0 Å². The summed E-state index contributed by atoms with van der Waals surface area (Å²) in [5.74, 6) is 0. The molecule has 0 atom stereocenters. The van der Waals surface area contributed by atoms with E-state index in [0.29, 0.717) is 0 Å². The maximum atomic E-state index is 2.51. The Bertz CT molecular complexity index is 1770. The molecular formula is C42H34P+. The third-order valence-electron chi connectivity index (χ3n) is 10.4. The largest absolute Gasteiger partial charge is 0.130 e. The number of fused-ring (bicyclic) bond motifs is 7. The van der Waals surface area contributed by atoms with Gasteiger partial charge in [0.15, 0.2) is 0 Å². The molecule has 0 saturated carbocycles. The van der Waals surface area contributed by atoms with E-state index in [4.69, 9.17) is 0 Å². The molecule has 3 aliphatic rings. The standard InChI is InChI=1S/C42H34P/c1-5-17-33-29(13-1)25-26-30-14-2-6-18-34(30)41(33)43(39-23-11-9-21-37(39)38-22-10-12-24-40(38)43)42-35-19-7-3-15-31(35)27-28-32-16-4-8-20-36(32)42/h1-24,41-42H,25-28H2/q+1. The van der Waals surface area contributed by atoms with Crippen LogP contribution in [0.3, 0.4) is 0 Å². The van der Waals surface area contributed by atoms with Gasteiger partial charge in [0.1, 0.15) is 29.2 Å². The van der Waals surface area contributed by atoms with Crippen LogP contribution in [0.2, 0.25) is 0 Å². The van der Waals surface area contributed by atoms with Crippen LogP contribution in [0, 0.1) is 0 Å². The summed E-state index contributed by atoms with van der Waals surface area (Å²) in [6, 6.07) is 56.7. The summed E-state index contributed by atoms with van der Waals surface area (Å²) in [4.78, 5) is 0. The SMILES string of the molecule is c1ccc2c(c1)CCc1ccccc1C2[P+]1(C2c3ccccc3CCc3ccccc32)c2ccccc2-c2ccccc21. The molecule has 0 N–H and O–H groups in total. The molecule has 2 aliphatic carbocycles. The van der Waals surface area contributed by atoms with Gasteiger partial charge in [-0.15, -0.1) is 0 Å². The third kappa shape index (κ3) is 3.60. The van der Waals surface area contributed by atoms with Gasteiger partial charge < -0.3 is 0 Å². The minimum atomic E-state index is -2.26. The molecule has 1 aliphatic heterocycles.